The Kier molecular flexibility index (Phi) is 5.09. The summed E-state index contributed by atoms with van der Waals surface area (Å²) in [6.45, 7) is 8.66. The molecule has 0 atom stereocenters. The van der Waals surface area contributed by atoms with Gasteiger partial charge in [-0.25, -0.2) is 0 Å². The first kappa shape index (κ1) is 18.2. The van der Waals surface area contributed by atoms with Crippen molar-refractivity contribution in [3.05, 3.63) is 56.7 Å². The second-order valence-electron chi connectivity index (χ2n) is 5.97. The monoisotopic (exact) mass is 390 g/mol. The van der Waals surface area contributed by atoms with Gasteiger partial charge in [0.2, 0.25) is 0 Å². The Morgan fingerprint density at radius 1 is 1.28 bits per heavy atom. The van der Waals surface area contributed by atoms with Crippen LogP contribution in [-0.2, 0) is 4.79 Å². The number of thiocarbonyl (C=S) groups is 1. The fourth-order valence-corrected chi connectivity index (χ4v) is 4.60. The summed E-state index contributed by atoms with van der Waals surface area (Å²) in [5.74, 6) is -0.0127. The minimum absolute atomic E-state index is 0.0127. The van der Waals surface area contributed by atoms with E-state index in [1.54, 1.807) is 4.90 Å². The van der Waals surface area contributed by atoms with Gasteiger partial charge < -0.3 is 4.57 Å². The van der Waals surface area contributed by atoms with Crippen molar-refractivity contribution in [1.82, 2.24) is 9.47 Å². The molecule has 0 radical (unpaired) electrons. The molecule has 1 fully saturated rings. The molecule has 1 aromatic carbocycles. The van der Waals surface area contributed by atoms with Gasteiger partial charge in [0.25, 0.3) is 5.91 Å². The molecule has 1 aliphatic heterocycles. The number of aryl methyl sites for hydroxylation is 1. The lowest BCUT2D eigenvalue weighted by atomic mass is 10.2. The van der Waals surface area contributed by atoms with E-state index < -0.39 is 0 Å². The second kappa shape index (κ2) is 6.98. The number of halogens is 1. The molecule has 1 aromatic heterocycles. The maximum atomic E-state index is 12.4. The lowest BCUT2D eigenvalue weighted by molar-refractivity contribution is -0.121. The van der Waals surface area contributed by atoms with Crippen LogP contribution in [0, 0.1) is 20.8 Å². The summed E-state index contributed by atoms with van der Waals surface area (Å²) in [6.07, 6.45) is 1.94. The fraction of sp³-hybridized carbons (Fsp3) is 0.263. The van der Waals surface area contributed by atoms with Gasteiger partial charge in [-0.2, -0.15) is 0 Å². The average Bonchev–Trinajstić information content (AvgIpc) is 2.99. The lowest BCUT2D eigenvalue weighted by Crippen LogP contribution is -2.27. The predicted octanol–water partition coefficient (Wildman–Crippen LogP) is 5.28. The number of carbonyl (C=O) groups excluding carboxylic acids is 1. The van der Waals surface area contributed by atoms with E-state index in [0.29, 0.717) is 15.8 Å². The van der Waals surface area contributed by atoms with Gasteiger partial charge in [0.05, 0.1) is 4.91 Å². The van der Waals surface area contributed by atoms with Crippen LogP contribution in [-0.4, -0.2) is 26.2 Å². The molecular formula is C19H19ClN2OS2. The van der Waals surface area contributed by atoms with Gasteiger partial charge in [-0.05, 0) is 63.1 Å². The maximum absolute atomic E-state index is 12.4. The topological polar surface area (TPSA) is 25.2 Å². The number of aromatic nitrogens is 1. The molecule has 0 saturated carbocycles. The largest absolute Gasteiger partial charge is 0.318 e. The van der Waals surface area contributed by atoms with Crippen molar-refractivity contribution in [3.63, 3.8) is 0 Å². The highest BCUT2D eigenvalue weighted by Gasteiger charge is 2.31. The van der Waals surface area contributed by atoms with E-state index in [9.17, 15) is 4.79 Å². The van der Waals surface area contributed by atoms with Crippen LogP contribution >= 0.6 is 35.6 Å². The van der Waals surface area contributed by atoms with Gasteiger partial charge in [-0.1, -0.05) is 41.6 Å². The zero-order valence-electron chi connectivity index (χ0n) is 14.6. The highest BCUT2D eigenvalue weighted by atomic mass is 35.5. The zero-order valence-corrected chi connectivity index (χ0v) is 17.0. The molecule has 1 amide bonds. The third-order valence-corrected chi connectivity index (χ3v) is 6.21. The zero-order chi connectivity index (χ0) is 18.3. The molecule has 1 aliphatic rings. The van der Waals surface area contributed by atoms with Crippen LogP contribution < -0.4 is 0 Å². The van der Waals surface area contributed by atoms with Gasteiger partial charge in [-0.15, -0.1) is 0 Å². The molecule has 2 heterocycles. The Bertz CT molecular complexity index is 914. The van der Waals surface area contributed by atoms with Crippen LogP contribution in [0.15, 0.2) is 29.2 Å². The molecule has 6 heteroatoms. The minimum atomic E-state index is -0.0127. The Balaban J connectivity index is 2.07. The normalized spacial score (nSPS) is 16.4. The third kappa shape index (κ3) is 3.16. The van der Waals surface area contributed by atoms with Crippen molar-refractivity contribution < 1.29 is 4.79 Å². The highest BCUT2D eigenvalue weighted by Crippen LogP contribution is 2.34. The number of likely N-dealkylation sites (N-methyl/N-ethyl adjacent to an activating group) is 1. The van der Waals surface area contributed by atoms with Crippen LogP contribution in [0.25, 0.3) is 11.8 Å². The van der Waals surface area contributed by atoms with Crippen molar-refractivity contribution >= 4 is 51.9 Å². The molecule has 0 N–H and O–H groups in total. The number of carbonyl (C=O) groups is 1. The molecule has 3 rings (SSSR count). The summed E-state index contributed by atoms with van der Waals surface area (Å²) in [6, 6.07) is 8.00. The van der Waals surface area contributed by atoms with Crippen molar-refractivity contribution in [3.8, 4) is 5.69 Å². The molecule has 25 heavy (non-hydrogen) atoms. The van der Waals surface area contributed by atoms with E-state index in [1.165, 1.54) is 11.8 Å². The maximum Gasteiger partial charge on any atom is 0.266 e. The van der Waals surface area contributed by atoms with E-state index in [1.807, 2.05) is 32.1 Å². The first-order valence-corrected chi connectivity index (χ1v) is 9.65. The number of nitrogens with zero attached hydrogens (tertiary/aromatic N) is 2. The Morgan fingerprint density at radius 2 is 2.00 bits per heavy atom. The Labute approximate surface area is 162 Å². The van der Waals surface area contributed by atoms with Crippen molar-refractivity contribution in [2.75, 3.05) is 6.54 Å². The molecule has 3 nitrogen and oxygen atoms in total. The first-order valence-electron chi connectivity index (χ1n) is 8.05. The molecular weight excluding hydrogens is 372 g/mol. The van der Waals surface area contributed by atoms with Crippen molar-refractivity contribution in [2.45, 2.75) is 27.7 Å². The molecule has 1 saturated heterocycles. The van der Waals surface area contributed by atoms with Crippen molar-refractivity contribution in [1.29, 1.82) is 0 Å². The lowest BCUT2D eigenvalue weighted by Gasteiger charge is -2.13. The quantitative estimate of drug-likeness (QED) is 0.526. The fourth-order valence-electron chi connectivity index (χ4n) is 3.06. The van der Waals surface area contributed by atoms with Crippen molar-refractivity contribution in [2.24, 2.45) is 0 Å². The highest BCUT2D eigenvalue weighted by molar-refractivity contribution is 8.26. The van der Waals surface area contributed by atoms with Crippen LogP contribution in [0.2, 0.25) is 5.02 Å². The van der Waals surface area contributed by atoms with E-state index >= 15 is 0 Å². The van der Waals surface area contributed by atoms with E-state index in [2.05, 4.69) is 30.5 Å². The predicted molar refractivity (Wildman–Crippen MR) is 111 cm³/mol. The number of thioether (sulfide) groups is 1. The standard InChI is InChI=1S/C19H19ClN2OS2/c1-5-21-18(23)17(25-19(21)24)10-14-9-11(2)22(13(14)4)16-8-6-7-15(20)12(16)3/h6-10H,5H2,1-4H3/b17-10-. The van der Waals surface area contributed by atoms with Crippen LogP contribution in [0.5, 0.6) is 0 Å². The Hall–Kier alpha value is -1.56. The minimum Gasteiger partial charge on any atom is -0.318 e. The Morgan fingerprint density at radius 3 is 2.64 bits per heavy atom. The van der Waals surface area contributed by atoms with Crippen LogP contribution in [0.1, 0.15) is 29.4 Å². The number of hydrogen-bond acceptors (Lipinski definition) is 3. The number of hydrogen-bond donors (Lipinski definition) is 0. The number of benzene rings is 1. The molecule has 0 aliphatic carbocycles. The first-order chi connectivity index (χ1) is 11.8. The summed E-state index contributed by atoms with van der Waals surface area (Å²) in [5, 5.41) is 0.746. The van der Waals surface area contributed by atoms with Gasteiger partial charge in [0.15, 0.2) is 0 Å². The van der Waals surface area contributed by atoms with Crippen LogP contribution in [0.3, 0.4) is 0 Å². The summed E-state index contributed by atoms with van der Waals surface area (Å²) in [7, 11) is 0. The smallest absolute Gasteiger partial charge is 0.266 e. The summed E-state index contributed by atoms with van der Waals surface area (Å²) in [4.78, 5) is 14.8. The number of amides is 1. The summed E-state index contributed by atoms with van der Waals surface area (Å²) < 4.78 is 2.80. The van der Waals surface area contributed by atoms with Gasteiger partial charge in [0.1, 0.15) is 4.32 Å². The number of rotatable bonds is 3. The molecule has 0 bridgehead atoms. The van der Waals surface area contributed by atoms with Crippen LogP contribution in [0.4, 0.5) is 0 Å². The average molecular weight is 391 g/mol. The van der Waals surface area contributed by atoms with Gasteiger partial charge in [0, 0.05) is 28.6 Å². The van der Waals surface area contributed by atoms with E-state index in [4.69, 9.17) is 23.8 Å². The summed E-state index contributed by atoms with van der Waals surface area (Å²) >= 11 is 12.9. The molecule has 2 aromatic rings. The van der Waals surface area contributed by atoms with Gasteiger partial charge in [-0.3, -0.25) is 9.69 Å². The molecule has 0 spiro atoms. The second-order valence-corrected chi connectivity index (χ2v) is 8.05. The van der Waals surface area contributed by atoms with Gasteiger partial charge >= 0.3 is 0 Å². The molecule has 0 unspecified atom stereocenters. The summed E-state index contributed by atoms with van der Waals surface area (Å²) in [5.41, 5.74) is 5.29. The molecule has 130 valence electrons. The van der Waals surface area contributed by atoms with E-state index in [0.717, 1.165) is 33.2 Å². The SMILES string of the molecule is CCN1C(=O)/C(=C/c2cc(C)n(-c3cccc(Cl)c3C)c2C)SC1=S. The third-order valence-electron chi connectivity index (χ3n) is 4.43. The van der Waals surface area contributed by atoms with E-state index in [-0.39, 0.29) is 5.91 Å².